The molecule has 2 fully saturated rings. The van der Waals surface area contributed by atoms with Gasteiger partial charge in [0, 0.05) is 24.4 Å². The lowest BCUT2D eigenvalue weighted by Gasteiger charge is -2.37. The summed E-state index contributed by atoms with van der Waals surface area (Å²) in [7, 11) is 0. The van der Waals surface area contributed by atoms with E-state index in [0.29, 0.717) is 18.9 Å². The van der Waals surface area contributed by atoms with E-state index < -0.39 is 0 Å². The highest BCUT2D eigenvalue weighted by Crippen LogP contribution is 2.39. The van der Waals surface area contributed by atoms with Crippen LogP contribution in [0.2, 0.25) is 0 Å². The number of aliphatic hydroxyl groups excluding tert-OH is 1. The van der Waals surface area contributed by atoms with Crippen LogP contribution < -0.4 is 5.32 Å². The predicted molar refractivity (Wildman–Crippen MR) is 85.3 cm³/mol. The Morgan fingerprint density at radius 2 is 2.36 bits per heavy atom. The summed E-state index contributed by atoms with van der Waals surface area (Å²) in [4.78, 5) is 19.0. The molecular formula is C16H24N2O3S. The van der Waals surface area contributed by atoms with Crippen molar-refractivity contribution in [1.82, 2.24) is 10.4 Å². The van der Waals surface area contributed by atoms with Crippen LogP contribution in [0.15, 0.2) is 17.5 Å². The number of nitrogens with zero attached hydrogens (tertiary/aromatic N) is 1. The Balaban J connectivity index is 1.50. The van der Waals surface area contributed by atoms with Crippen LogP contribution in [0, 0.1) is 5.92 Å². The van der Waals surface area contributed by atoms with Gasteiger partial charge in [0.2, 0.25) is 5.91 Å². The summed E-state index contributed by atoms with van der Waals surface area (Å²) in [5, 5.41) is 16.6. The van der Waals surface area contributed by atoms with Crippen LogP contribution in [-0.2, 0) is 9.63 Å². The molecule has 1 saturated carbocycles. The minimum atomic E-state index is -0.203. The molecule has 2 aliphatic rings. The molecule has 3 rings (SSSR count). The van der Waals surface area contributed by atoms with E-state index in [9.17, 15) is 9.90 Å². The monoisotopic (exact) mass is 324 g/mol. The molecule has 0 radical (unpaired) electrons. The van der Waals surface area contributed by atoms with Gasteiger partial charge in [-0.05, 0) is 43.0 Å². The van der Waals surface area contributed by atoms with E-state index in [4.69, 9.17) is 4.84 Å². The highest BCUT2D eigenvalue weighted by molar-refractivity contribution is 7.10. The van der Waals surface area contributed by atoms with Crippen molar-refractivity contribution < 1.29 is 14.7 Å². The summed E-state index contributed by atoms with van der Waals surface area (Å²) in [6, 6.07) is 4.11. The highest BCUT2D eigenvalue weighted by atomic mass is 32.1. The first-order chi connectivity index (χ1) is 10.7. The smallest absolute Gasteiger partial charge is 0.221 e. The summed E-state index contributed by atoms with van der Waals surface area (Å²) >= 11 is 1.67. The van der Waals surface area contributed by atoms with E-state index in [2.05, 4.69) is 11.4 Å². The Hall–Kier alpha value is -0.950. The number of amides is 1. The molecule has 1 saturated heterocycles. The van der Waals surface area contributed by atoms with Crippen molar-refractivity contribution in [3.8, 4) is 0 Å². The molecule has 0 unspecified atom stereocenters. The third-order valence-electron chi connectivity index (χ3n) is 4.45. The number of nitrogens with one attached hydrogen (secondary N) is 1. The molecule has 6 heteroatoms. The molecule has 0 aromatic carbocycles. The minimum Gasteiger partial charge on any atom is -0.393 e. The van der Waals surface area contributed by atoms with Gasteiger partial charge in [-0.25, -0.2) is 0 Å². The Kier molecular flexibility index (Phi) is 5.46. The standard InChI is InChI=1S/C16H24N2O3S/c19-13-10-12(11-13)16(14-4-3-9-22-14)17-15(20)5-7-18-6-1-2-8-21-18/h3-4,9,12-13,16,19H,1-2,5-8,10-11H2,(H,17,20)/t12?,13?,16-/m1/s1. The van der Waals surface area contributed by atoms with E-state index in [0.717, 1.165) is 38.8 Å². The minimum absolute atomic E-state index is 0.0400. The summed E-state index contributed by atoms with van der Waals surface area (Å²) < 4.78 is 0. The van der Waals surface area contributed by atoms with Crippen molar-refractivity contribution in [1.29, 1.82) is 0 Å². The molecule has 122 valence electrons. The van der Waals surface area contributed by atoms with Crippen molar-refractivity contribution in [2.45, 2.75) is 44.2 Å². The van der Waals surface area contributed by atoms with E-state index in [-0.39, 0.29) is 18.1 Å². The van der Waals surface area contributed by atoms with Gasteiger partial charge in [-0.2, -0.15) is 5.06 Å². The molecule has 22 heavy (non-hydrogen) atoms. The quantitative estimate of drug-likeness (QED) is 0.841. The average Bonchev–Trinajstić information content (AvgIpc) is 3.03. The second-order valence-corrected chi connectivity index (χ2v) is 7.14. The number of hydrogen-bond donors (Lipinski definition) is 2. The second-order valence-electron chi connectivity index (χ2n) is 6.17. The van der Waals surface area contributed by atoms with Crippen LogP contribution in [-0.4, -0.2) is 41.9 Å². The number of thiophene rings is 1. The van der Waals surface area contributed by atoms with Gasteiger partial charge in [-0.3, -0.25) is 9.63 Å². The zero-order valence-corrected chi connectivity index (χ0v) is 13.6. The van der Waals surface area contributed by atoms with Gasteiger partial charge in [0.1, 0.15) is 0 Å². The highest BCUT2D eigenvalue weighted by Gasteiger charge is 2.36. The zero-order valence-electron chi connectivity index (χ0n) is 12.7. The zero-order chi connectivity index (χ0) is 15.4. The molecule has 1 aromatic heterocycles. The Labute approximate surface area is 135 Å². The first-order valence-corrected chi connectivity index (χ1v) is 8.99. The molecular weight excluding hydrogens is 300 g/mol. The van der Waals surface area contributed by atoms with Crippen LogP contribution in [0.5, 0.6) is 0 Å². The number of aliphatic hydroxyl groups is 1. The molecule has 2 N–H and O–H groups in total. The number of rotatable bonds is 6. The lowest BCUT2D eigenvalue weighted by Crippen LogP contribution is -2.42. The number of hydroxylamine groups is 2. The largest absolute Gasteiger partial charge is 0.393 e. The molecule has 1 aromatic rings. The molecule has 0 bridgehead atoms. The fourth-order valence-corrected chi connectivity index (χ4v) is 3.96. The fraction of sp³-hybridized carbons (Fsp3) is 0.688. The van der Waals surface area contributed by atoms with Crippen molar-refractivity contribution in [2.75, 3.05) is 19.7 Å². The molecule has 1 amide bonds. The fourth-order valence-electron chi connectivity index (χ4n) is 3.09. The molecule has 1 atom stereocenters. The maximum Gasteiger partial charge on any atom is 0.221 e. The Morgan fingerprint density at radius 3 is 3.00 bits per heavy atom. The second kappa shape index (κ2) is 7.55. The Bertz CT molecular complexity index is 468. The van der Waals surface area contributed by atoms with Crippen molar-refractivity contribution >= 4 is 17.2 Å². The maximum atomic E-state index is 12.3. The van der Waals surface area contributed by atoms with Crippen molar-refractivity contribution in [3.05, 3.63) is 22.4 Å². The molecule has 0 spiro atoms. The SMILES string of the molecule is O=C(CCN1CCCCO1)N[C@@H](c1cccs1)C1CC(O)C1. The van der Waals surface area contributed by atoms with E-state index in [1.807, 2.05) is 16.5 Å². The van der Waals surface area contributed by atoms with E-state index in [1.165, 1.54) is 4.88 Å². The number of hydrogen-bond acceptors (Lipinski definition) is 5. The van der Waals surface area contributed by atoms with Gasteiger partial charge < -0.3 is 10.4 Å². The third-order valence-corrected chi connectivity index (χ3v) is 5.41. The normalized spacial score (nSPS) is 27.1. The molecule has 5 nitrogen and oxygen atoms in total. The van der Waals surface area contributed by atoms with Gasteiger partial charge in [-0.15, -0.1) is 11.3 Å². The van der Waals surface area contributed by atoms with Crippen LogP contribution in [0.4, 0.5) is 0 Å². The summed E-state index contributed by atoms with van der Waals surface area (Å²) in [5.41, 5.74) is 0. The van der Waals surface area contributed by atoms with E-state index in [1.54, 1.807) is 11.3 Å². The van der Waals surface area contributed by atoms with Crippen LogP contribution in [0.3, 0.4) is 0 Å². The summed E-state index contributed by atoms with van der Waals surface area (Å²) in [5.74, 6) is 0.415. The molecule has 2 heterocycles. The Morgan fingerprint density at radius 1 is 1.50 bits per heavy atom. The first kappa shape index (κ1) is 15.9. The van der Waals surface area contributed by atoms with Crippen LogP contribution in [0.25, 0.3) is 0 Å². The lowest BCUT2D eigenvalue weighted by molar-refractivity contribution is -0.181. The van der Waals surface area contributed by atoms with Crippen molar-refractivity contribution in [2.24, 2.45) is 5.92 Å². The number of carbonyl (C=O) groups is 1. The molecule has 1 aliphatic carbocycles. The predicted octanol–water partition coefficient (Wildman–Crippen LogP) is 2.09. The van der Waals surface area contributed by atoms with Crippen LogP contribution >= 0.6 is 11.3 Å². The first-order valence-electron chi connectivity index (χ1n) is 8.11. The van der Waals surface area contributed by atoms with Gasteiger partial charge in [-0.1, -0.05) is 6.07 Å². The lowest BCUT2D eigenvalue weighted by atomic mass is 9.76. The maximum absolute atomic E-state index is 12.3. The molecule has 1 aliphatic heterocycles. The topological polar surface area (TPSA) is 61.8 Å². The van der Waals surface area contributed by atoms with Gasteiger partial charge in [0.15, 0.2) is 0 Å². The van der Waals surface area contributed by atoms with Gasteiger partial charge in [0.05, 0.1) is 18.8 Å². The average molecular weight is 324 g/mol. The van der Waals surface area contributed by atoms with Gasteiger partial charge in [0.25, 0.3) is 0 Å². The van der Waals surface area contributed by atoms with Gasteiger partial charge >= 0.3 is 0 Å². The number of carbonyl (C=O) groups excluding carboxylic acids is 1. The van der Waals surface area contributed by atoms with Crippen LogP contribution in [0.1, 0.15) is 43.0 Å². The summed E-state index contributed by atoms with van der Waals surface area (Å²) in [6.07, 6.45) is 4.05. The van der Waals surface area contributed by atoms with Crippen molar-refractivity contribution in [3.63, 3.8) is 0 Å². The van der Waals surface area contributed by atoms with E-state index >= 15 is 0 Å². The summed E-state index contributed by atoms with van der Waals surface area (Å²) in [6.45, 7) is 2.33. The third kappa shape index (κ3) is 4.07.